The Morgan fingerprint density at radius 2 is 1.10 bits per heavy atom. The van der Waals surface area contributed by atoms with Crippen molar-refractivity contribution in [3.05, 3.63) is 162 Å². The summed E-state index contributed by atoms with van der Waals surface area (Å²) in [7, 11) is 0. The van der Waals surface area contributed by atoms with Gasteiger partial charge in [-0.15, -0.1) is 0 Å². The fraction of sp³-hybridized carbons (Fsp3) is 0.179. The molecule has 3 aliphatic rings. The molecule has 308 valence electrons. The molecule has 7 heteroatoms. The minimum absolute atomic E-state index is 0.00562. The highest BCUT2D eigenvalue weighted by Gasteiger charge is 2.45. The molecule has 7 aromatic carbocycles. The van der Waals surface area contributed by atoms with Gasteiger partial charge in [0, 0.05) is 62.8 Å². The summed E-state index contributed by atoms with van der Waals surface area (Å²) in [6, 6.07) is 50.4. The van der Waals surface area contributed by atoms with Crippen molar-refractivity contribution < 1.29 is 18.3 Å². The highest BCUT2D eigenvalue weighted by molar-refractivity contribution is 7.00. The van der Waals surface area contributed by atoms with E-state index in [4.69, 9.17) is 18.3 Å². The summed E-state index contributed by atoms with van der Waals surface area (Å²) in [4.78, 5) is 4.97. The predicted octanol–water partition coefficient (Wildman–Crippen LogP) is 13.0. The highest BCUT2D eigenvalue weighted by Crippen LogP contribution is 2.49. The third-order valence-corrected chi connectivity index (χ3v) is 13.2. The zero-order valence-corrected chi connectivity index (χ0v) is 36.5. The lowest BCUT2D eigenvalue weighted by atomic mass is 9.33. The molecule has 0 unspecified atom stereocenters. The van der Waals surface area contributed by atoms with Crippen LogP contribution in [-0.2, 0) is 5.41 Å². The molecule has 0 amide bonds. The third-order valence-electron chi connectivity index (χ3n) is 13.2. The number of hydrogen-bond donors (Lipinski definition) is 0. The summed E-state index contributed by atoms with van der Waals surface area (Å²) in [6.45, 7) is 14.7. The normalized spacial score (nSPS) is 14.2. The first-order valence-electron chi connectivity index (χ1n) is 22.1. The number of anilines is 6. The Bertz CT molecular complexity index is 3230. The molecular formula is C56H47BN2O4. The number of ether oxygens (including phenoxy) is 2. The van der Waals surface area contributed by atoms with Gasteiger partial charge in [0.2, 0.25) is 0 Å². The van der Waals surface area contributed by atoms with E-state index < -0.39 is 0 Å². The van der Waals surface area contributed by atoms with Crippen LogP contribution in [0.4, 0.5) is 34.1 Å². The van der Waals surface area contributed by atoms with Crippen LogP contribution < -0.4 is 35.7 Å². The Kier molecular flexibility index (Phi) is 8.33. The van der Waals surface area contributed by atoms with Gasteiger partial charge >= 0.3 is 0 Å². The summed E-state index contributed by atoms with van der Waals surface area (Å²) in [5.41, 5.74) is 19.2. The lowest BCUT2D eigenvalue weighted by Gasteiger charge is -2.45. The van der Waals surface area contributed by atoms with Crippen LogP contribution in [0.1, 0.15) is 49.4 Å². The highest BCUT2D eigenvalue weighted by atomic mass is 16.5. The minimum atomic E-state index is -0.126. The van der Waals surface area contributed by atoms with E-state index >= 15 is 0 Å². The first-order valence-corrected chi connectivity index (χ1v) is 22.1. The average Bonchev–Trinajstić information content (AvgIpc) is 3.84. The SMILES string of the molecule is Cc1cc2c3c(c1)N(c1c(C)cc(C(C)(C)C)cc1C)c1cc4c(cc1B3c1cc(-c3cc5ccccc5o3)ccc1N2c1ccc(-c2cc3ccccc3o2)cc1)OCCCO4. The standard InChI is InChI=1S/C56H47BN2O4/c1-33-24-46-54-47(25-33)59(55-34(2)26-40(27-35(55)3)56(4,5)6)45-32-53-52(60-22-11-23-61-53)31-43(45)57(54)42-28-39(51-30-38-13-8-10-15-49(38)63-51)18-21-44(42)58(46)41-19-16-36(17-20-41)50-29-37-12-7-9-14-48(37)62-50/h7-10,12-21,24-32H,11,22-23H2,1-6H3. The first-order chi connectivity index (χ1) is 30.6. The summed E-state index contributed by atoms with van der Waals surface area (Å²) in [6.07, 6.45) is 0.830. The van der Waals surface area contributed by atoms with E-state index in [0.29, 0.717) is 13.2 Å². The molecule has 0 spiro atoms. The van der Waals surface area contributed by atoms with Gasteiger partial charge in [-0.3, -0.25) is 0 Å². The maximum Gasteiger partial charge on any atom is 0.252 e. The van der Waals surface area contributed by atoms with E-state index in [0.717, 1.165) is 90.9 Å². The maximum absolute atomic E-state index is 6.55. The van der Waals surface area contributed by atoms with Crippen LogP contribution in [0.3, 0.4) is 0 Å². The Morgan fingerprint density at radius 3 is 1.73 bits per heavy atom. The van der Waals surface area contributed by atoms with Gasteiger partial charge in [-0.1, -0.05) is 75.4 Å². The van der Waals surface area contributed by atoms with Crippen LogP contribution in [0, 0.1) is 20.8 Å². The molecule has 0 bridgehead atoms. The molecule has 63 heavy (non-hydrogen) atoms. The van der Waals surface area contributed by atoms with Crippen LogP contribution >= 0.6 is 0 Å². The number of furan rings is 2. The average molecular weight is 823 g/mol. The second-order valence-electron chi connectivity index (χ2n) is 18.6. The van der Waals surface area contributed by atoms with Crippen molar-refractivity contribution in [2.75, 3.05) is 23.0 Å². The fourth-order valence-corrected chi connectivity index (χ4v) is 10.2. The Labute approximate surface area is 368 Å². The smallest absolute Gasteiger partial charge is 0.252 e. The molecule has 0 radical (unpaired) electrons. The summed E-state index contributed by atoms with van der Waals surface area (Å²) in [5.74, 6) is 3.27. The summed E-state index contributed by atoms with van der Waals surface area (Å²) < 4.78 is 25.9. The van der Waals surface area contributed by atoms with E-state index in [1.165, 1.54) is 44.3 Å². The molecule has 9 aromatic rings. The molecule has 0 aliphatic carbocycles. The monoisotopic (exact) mass is 822 g/mol. The molecule has 0 N–H and O–H groups in total. The van der Waals surface area contributed by atoms with E-state index in [-0.39, 0.29) is 12.1 Å². The lowest BCUT2D eigenvalue weighted by molar-refractivity contribution is 0.297. The van der Waals surface area contributed by atoms with E-state index in [2.05, 4.69) is 161 Å². The van der Waals surface area contributed by atoms with Gasteiger partial charge in [0.15, 0.2) is 11.5 Å². The van der Waals surface area contributed by atoms with Crippen molar-refractivity contribution in [1.29, 1.82) is 0 Å². The molecule has 3 aliphatic heterocycles. The van der Waals surface area contributed by atoms with Gasteiger partial charge in [-0.2, -0.15) is 0 Å². The summed E-state index contributed by atoms with van der Waals surface area (Å²) >= 11 is 0. The molecule has 0 saturated heterocycles. The van der Waals surface area contributed by atoms with Gasteiger partial charge in [0.25, 0.3) is 6.71 Å². The zero-order valence-electron chi connectivity index (χ0n) is 36.5. The number of rotatable bonds is 4. The second-order valence-corrected chi connectivity index (χ2v) is 18.6. The van der Waals surface area contributed by atoms with Gasteiger partial charge in [-0.25, -0.2) is 0 Å². The van der Waals surface area contributed by atoms with Crippen molar-refractivity contribution in [3.8, 4) is 34.1 Å². The van der Waals surface area contributed by atoms with Gasteiger partial charge in [-0.05, 0) is 144 Å². The van der Waals surface area contributed by atoms with Crippen molar-refractivity contribution in [3.63, 3.8) is 0 Å². The quantitative estimate of drug-likeness (QED) is 0.165. The van der Waals surface area contributed by atoms with Gasteiger partial charge in [0.1, 0.15) is 22.7 Å². The lowest BCUT2D eigenvalue weighted by Crippen LogP contribution is -2.61. The first kappa shape index (κ1) is 37.6. The topological polar surface area (TPSA) is 51.2 Å². The van der Waals surface area contributed by atoms with Gasteiger partial charge in [0.05, 0.1) is 18.9 Å². The van der Waals surface area contributed by atoms with Crippen LogP contribution in [0.25, 0.3) is 44.6 Å². The molecular weight excluding hydrogens is 775 g/mol. The van der Waals surface area contributed by atoms with Crippen LogP contribution in [0.2, 0.25) is 0 Å². The number of nitrogens with zero attached hydrogens (tertiary/aromatic N) is 2. The van der Waals surface area contributed by atoms with Crippen molar-refractivity contribution in [2.45, 2.75) is 53.4 Å². The van der Waals surface area contributed by atoms with Crippen molar-refractivity contribution >= 4 is 79.2 Å². The molecule has 0 fully saturated rings. The van der Waals surface area contributed by atoms with Crippen LogP contribution in [-0.4, -0.2) is 19.9 Å². The van der Waals surface area contributed by atoms with E-state index in [1.54, 1.807) is 0 Å². The number of benzene rings is 7. The number of hydrogen-bond acceptors (Lipinski definition) is 6. The van der Waals surface area contributed by atoms with E-state index in [9.17, 15) is 0 Å². The Morgan fingerprint density at radius 1 is 0.524 bits per heavy atom. The molecule has 2 aromatic heterocycles. The predicted molar refractivity (Wildman–Crippen MR) is 259 cm³/mol. The number of fused-ring (bicyclic) bond motifs is 7. The largest absolute Gasteiger partial charge is 0.490 e. The Balaban J connectivity index is 1.12. The number of para-hydroxylation sites is 2. The summed E-state index contributed by atoms with van der Waals surface area (Å²) in [5, 5.41) is 2.18. The van der Waals surface area contributed by atoms with Crippen LogP contribution in [0.5, 0.6) is 11.5 Å². The molecule has 12 rings (SSSR count). The van der Waals surface area contributed by atoms with Gasteiger partial charge < -0.3 is 28.1 Å². The van der Waals surface area contributed by atoms with Crippen molar-refractivity contribution in [2.24, 2.45) is 0 Å². The molecule has 0 saturated carbocycles. The maximum atomic E-state index is 6.55. The Hall–Kier alpha value is -7.12. The molecule has 6 nitrogen and oxygen atoms in total. The van der Waals surface area contributed by atoms with Crippen LogP contribution in [0.15, 0.2) is 148 Å². The number of aryl methyl sites for hydroxylation is 3. The third kappa shape index (κ3) is 6.00. The molecule has 0 atom stereocenters. The second kappa shape index (κ2) is 13.9. The fourth-order valence-electron chi connectivity index (χ4n) is 10.2. The zero-order chi connectivity index (χ0) is 42.7. The van der Waals surface area contributed by atoms with Crippen molar-refractivity contribution in [1.82, 2.24) is 0 Å². The molecule has 5 heterocycles. The van der Waals surface area contributed by atoms with E-state index in [1.807, 2.05) is 30.3 Å². The minimum Gasteiger partial charge on any atom is -0.490 e.